The molecule has 0 fully saturated rings. The van der Waals surface area contributed by atoms with E-state index in [1.54, 1.807) is 14.0 Å². The fourth-order valence-electron chi connectivity index (χ4n) is 1.33. The summed E-state index contributed by atoms with van der Waals surface area (Å²) in [6.07, 6.45) is 2.28. The molecule has 0 aromatic heterocycles. The number of carbonyl (C=O) groups is 1. The molecule has 0 radical (unpaired) electrons. The van der Waals surface area contributed by atoms with Crippen LogP contribution in [0.1, 0.15) is 33.1 Å². The maximum atomic E-state index is 11.0. The highest BCUT2D eigenvalue weighted by molar-refractivity contribution is 5.78. The van der Waals surface area contributed by atoms with Gasteiger partial charge in [0.15, 0.2) is 0 Å². The van der Waals surface area contributed by atoms with Crippen LogP contribution in [-0.4, -0.2) is 50.1 Å². The molecule has 0 amide bonds. The smallest absolute Gasteiger partial charge is 0.323 e. The fourth-order valence-corrected chi connectivity index (χ4v) is 1.33. The first-order valence-corrected chi connectivity index (χ1v) is 6.14. The van der Waals surface area contributed by atoms with Gasteiger partial charge in [-0.15, -0.1) is 0 Å². The van der Waals surface area contributed by atoms with E-state index in [4.69, 9.17) is 14.6 Å². The highest BCUT2D eigenvalue weighted by Crippen LogP contribution is 2.11. The van der Waals surface area contributed by atoms with Gasteiger partial charge < -0.3 is 19.9 Å². The third-order valence-corrected chi connectivity index (χ3v) is 2.71. The highest BCUT2D eigenvalue weighted by atomic mass is 16.5. The lowest BCUT2D eigenvalue weighted by atomic mass is 9.96. The lowest BCUT2D eigenvalue weighted by molar-refractivity contribution is -0.144. The number of ether oxygens (including phenoxy) is 2. The molecule has 1 atom stereocenters. The number of hydrogen-bond acceptors (Lipinski definition) is 4. The maximum Gasteiger partial charge on any atom is 0.323 e. The SMILES string of the molecule is CCCOCCOCCCC(C)(NC)C(=O)O. The molecule has 0 aliphatic rings. The molecule has 0 aliphatic carbocycles. The number of carboxylic acid groups (broad SMARTS) is 1. The second-order valence-corrected chi connectivity index (χ2v) is 4.22. The first-order chi connectivity index (χ1) is 8.06. The van der Waals surface area contributed by atoms with E-state index >= 15 is 0 Å². The van der Waals surface area contributed by atoms with Crippen molar-refractivity contribution in [1.29, 1.82) is 0 Å². The molecule has 0 aliphatic heterocycles. The first kappa shape index (κ1) is 16.4. The minimum Gasteiger partial charge on any atom is -0.480 e. The molecular formula is C12H25NO4. The molecule has 1 unspecified atom stereocenters. The Morgan fingerprint density at radius 3 is 2.29 bits per heavy atom. The van der Waals surface area contributed by atoms with Crippen molar-refractivity contribution in [1.82, 2.24) is 5.32 Å². The molecule has 0 saturated carbocycles. The molecule has 0 spiro atoms. The molecule has 2 N–H and O–H groups in total. The molecule has 5 nitrogen and oxygen atoms in total. The van der Waals surface area contributed by atoms with Gasteiger partial charge in [0.25, 0.3) is 0 Å². The Hall–Kier alpha value is -0.650. The van der Waals surface area contributed by atoms with Gasteiger partial charge in [0.1, 0.15) is 5.54 Å². The molecule has 0 saturated heterocycles. The van der Waals surface area contributed by atoms with E-state index < -0.39 is 11.5 Å². The van der Waals surface area contributed by atoms with Crippen LogP contribution in [0.4, 0.5) is 0 Å². The van der Waals surface area contributed by atoms with E-state index in [0.717, 1.165) is 19.4 Å². The summed E-state index contributed by atoms with van der Waals surface area (Å²) < 4.78 is 10.6. The van der Waals surface area contributed by atoms with Gasteiger partial charge in [0.2, 0.25) is 0 Å². The van der Waals surface area contributed by atoms with E-state index in [2.05, 4.69) is 12.2 Å². The summed E-state index contributed by atoms with van der Waals surface area (Å²) in [7, 11) is 1.66. The summed E-state index contributed by atoms with van der Waals surface area (Å²) in [5, 5.41) is 11.8. The number of likely N-dealkylation sites (N-methyl/N-ethyl adjacent to an activating group) is 1. The van der Waals surface area contributed by atoms with Gasteiger partial charge in [0, 0.05) is 13.2 Å². The van der Waals surface area contributed by atoms with Crippen molar-refractivity contribution in [2.45, 2.75) is 38.6 Å². The second-order valence-electron chi connectivity index (χ2n) is 4.22. The summed E-state index contributed by atoms with van der Waals surface area (Å²) in [6, 6.07) is 0. The Morgan fingerprint density at radius 1 is 1.24 bits per heavy atom. The zero-order valence-electron chi connectivity index (χ0n) is 11.1. The maximum absolute atomic E-state index is 11.0. The molecule has 0 rings (SSSR count). The summed E-state index contributed by atoms with van der Waals surface area (Å²) in [6.45, 7) is 6.25. The summed E-state index contributed by atoms with van der Waals surface area (Å²) in [5.41, 5.74) is -0.859. The third kappa shape index (κ3) is 7.31. The average Bonchev–Trinajstić information content (AvgIpc) is 2.32. The Bertz CT molecular complexity index is 211. The van der Waals surface area contributed by atoms with Gasteiger partial charge in [-0.3, -0.25) is 4.79 Å². The van der Waals surface area contributed by atoms with Gasteiger partial charge in [-0.2, -0.15) is 0 Å². The van der Waals surface area contributed by atoms with Crippen molar-refractivity contribution in [3.63, 3.8) is 0 Å². The van der Waals surface area contributed by atoms with Crippen molar-refractivity contribution in [3.8, 4) is 0 Å². The number of nitrogens with one attached hydrogen (secondary N) is 1. The van der Waals surface area contributed by atoms with Crippen LogP contribution >= 0.6 is 0 Å². The summed E-state index contributed by atoms with van der Waals surface area (Å²) >= 11 is 0. The minimum absolute atomic E-state index is 0.550. The van der Waals surface area contributed by atoms with Crippen LogP contribution in [0.5, 0.6) is 0 Å². The molecular weight excluding hydrogens is 222 g/mol. The topological polar surface area (TPSA) is 67.8 Å². The van der Waals surface area contributed by atoms with Crippen molar-refractivity contribution < 1.29 is 19.4 Å². The number of aliphatic carboxylic acids is 1. The van der Waals surface area contributed by atoms with Crippen LogP contribution in [0.2, 0.25) is 0 Å². The van der Waals surface area contributed by atoms with E-state index in [9.17, 15) is 4.79 Å². The standard InChI is InChI=1S/C12H25NO4/c1-4-7-16-9-10-17-8-5-6-12(2,13-3)11(14)15/h13H,4-10H2,1-3H3,(H,14,15). The van der Waals surface area contributed by atoms with Crippen molar-refractivity contribution in [3.05, 3.63) is 0 Å². The molecule has 102 valence electrons. The molecule has 5 heteroatoms. The molecule has 17 heavy (non-hydrogen) atoms. The van der Waals surface area contributed by atoms with Gasteiger partial charge in [0.05, 0.1) is 13.2 Å². The van der Waals surface area contributed by atoms with E-state index in [-0.39, 0.29) is 0 Å². The van der Waals surface area contributed by atoms with Gasteiger partial charge in [-0.1, -0.05) is 6.92 Å². The Balaban J connectivity index is 3.47. The van der Waals surface area contributed by atoms with Crippen molar-refractivity contribution >= 4 is 5.97 Å². The summed E-state index contributed by atoms with van der Waals surface area (Å²) in [5.74, 6) is -0.828. The van der Waals surface area contributed by atoms with Crippen LogP contribution in [-0.2, 0) is 14.3 Å². The van der Waals surface area contributed by atoms with Gasteiger partial charge in [-0.05, 0) is 33.2 Å². The zero-order valence-corrected chi connectivity index (χ0v) is 11.1. The van der Waals surface area contributed by atoms with Crippen LogP contribution in [0.25, 0.3) is 0 Å². The third-order valence-electron chi connectivity index (χ3n) is 2.71. The number of carboxylic acids is 1. The van der Waals surface area contributed by atoms with Gasteiger partial charge >= 0.3 is 5.97 Å². The predicted molar refractivity (Wildman–Crippen MR) is 66.3 cm³/mol. The van der Waals surface area contributed by atoms with Crippen LogP contribution in [0.3, 0.4) is 0 Å². The normalized spacial score (nSPS) is 14.5. The zero-order chi connectivity index (χ0) is 13.1. The van der Waals surface area contributed by atoms with Crippen molar-refractivity contribution in [2.75, 3.05) is 33.5 Å². The lowest BCUT2D eigenvalue weighted by Gasteiger charge is -2.23. The minimum atomic E-state index is -0.859. The monoisotopic (exact) mass is 247 g/mol. The lowest BCUT2D eigenvalue weighted by Crippen LogP contribution is -2.47. The fraction of sp³-hybridized carbons (Fsp3) is 0.917. The second kappa shape index (κ2) is 9.39. The Morgan fingerprint density at radius 2 is 1.82 bits per heavy atom. The van der Waals surface area contributed by atoms with Crippen LogP contribution < -0.4 is 5.32 Å². The van der Waals surface area contributed by atoms with E-state index in [1.165, 1.54) is 0 Å². The molecule has 0 aromatic carbocycles. The Kier molecular flexibility index (Phi) is 9.03. The average molecular weight is 247 g/mol. The molecule has 0 aromatic rings. The highest BCUT2D eigenvalue weighted by Gasteiger charge is 2.30. The number of hydrogen-bond donors (Lipinski definition) is 2. The summed E-state index contributed by atoms with van der Waals surface area (Å²) in [4.78, 5) is 11.0. The largest absolute Gasteiger partial charge is 0.480 e. The predicted octanol–water partition coefficient (Wildman–Crippen LogP) is 1.27. The van der Waals surface area contributed by atoms with Crippen molar-refractivity contribution in [2.24, 2.45) is 0 Å². The first-order valence-electron chi connectivity index (χ1n) is 6.14. The molecule has 0 heterocycles. The van der Waals surface area contributed by atoms with Crippen LogP contribution in [0.15, 0.2) is 0 Å². The van der Waals surface area contributed by atoms with Gasteiger partial charge in [-0.25, -0.2) is 0 Å². The van der Waals surface area contributed by atoms with Crippen LogP contribution in [0, 0.1) is 0 Å². The quantitative estimate of drug-likeness (QED) is 0.538. The van der Waals surface area contributed by atoms with E-state index in [0.29, 0.717) is 26.2 Å². The Labute approximate surface area is 103 Å². The van der Waals surface area contributed by atoms with E-state index in [1.807, 2.05) is 0 Å². The molecule has 0 bridgehead atoms. The number of rotatable bonds is 11.